The standard InChI is InChI=1S/C14H21NO2.ClH/c1-13(2)14(17-13,16-11-10-15(3)4)12-8-6-5-7-9-12;/h5-9H,10-11H2,1-4H3;1H. The van der Waals surface area contributed by atoms with Gasteiger partial charge in [-0.05, 0) is 27.9 Å². The predicted molar refractivity (Wildman–Crippen MR) is 75.0 cm³/mol. The summed E-state index contributed by atoms with van der Waals surface area (Å²) in [6.07, 6.45) is 0. The largest absolute Gasteiger partial charge is 0.342 e. The van der Waals surface area contributed by atoms with Gasteiger partial charge in [-0.15, -0.1) is 12.4 Å². The van der Waals surface area contributed by atoms with Gasteiger partial charge in [0.1, 0.15) is 5.60 Å². The number of ether oxygens (including phenoxy) is 2. The zero-order valence-corrected chi connectivity index (χ0v) is 12.3. The van der Waals surface area contributed by atoms with Crippen molar-refractivity contribution in [2.24, 2.45) is 0 Å². The van der Waals surface area contributed by atoms with E-state index in [2.05, 4.69) is 30.9 Å². The fourth-order valence-corrected chi connectivity index (χ4v) is 2.06. The maximum Gasteiger partial charge on any atom is 0.225 e. The highest BCUT2D eigenvalue weighted by molar-refractivity contribution is 5.85. The van der Waals surface area contributed by atoms with Crippen molar-refractivity contribution in [3.8, 4) is 0 Å². The Morgan fingerprint density at radius 1 is 1.17 bits per heavy atom. The number of epoxide rings is 1. The van der Waals surface area contributed by atoms with Gasteiger partial charge in [0.15, 0.2) is 0 Å². The fraction of sp³-hybridized carbons (Fsp3) is 0.571. The monoisotopic (exact) mass is 271 g/mol. The lowest BCUT2D eigenvalue weighted by atomic mass is 9.99. The number of nitrogens with zero attached hydrogens (tertiary/aromatic N) is 1. The van der Waals surface area contributed by atoms with Crippen molar-refractivity contribution in [1.82, 2.24) is 4.90 Å². The van der Waals surface area contributed by atoms with Crippen LogP contribution in [0.1, 0.15) is 19.4 Å². The minimum Gasteiger partial charge on any atom is -0.342 e. The van der Waals surface area contributed by atoms with Crippen molar-refractivity contribution in [1.29, 1.82) is 0 Å². The van der Waals surface area contributed by atoms with Gasteiger partial charge in [-0.1, -0.05) is 30.3 Å². The fourth-order valence-electron chi connectivity index (χ4n) is 2.06. The van der Waals surface area contributed by atoms with Crippen molar-refractivity contribution >= 4 is 12.4 Å². The molecule has 0 spiro atoms. The average Bonchev–Trinajstić information content (AvgIpc) is 2.83. The second-order valence-electron chi connectivity index (χ2n) is 5.25. The van der Waals surface area contributed by atoms with E-state index in [-0.39, 0.29) is 18.0 Å². The molecule has 1 aliphatic heterocycles. The van der Waals surface area contributed by atoms with Gasteiger partial charge in [-0.2, -0.15) is 0 Å². The highest BCUT2D eigenvalue weighted by Gasteiger charge is 2.66. The van der Waals surface area contributed by atoms with Crippen molar-refractivity contribution in [3.05, 3.63) is 35.9 Å². The van der Waals surface area contributed by atoms with Crippen molar-refractivity contribution in [3.63, 3.8) is 0 Å². The number of likely N-dealkylation sites (N-methyl/N-ethyl adjacent to an activating group) is 1. The zero-order chi connectivity index (χ0) is 12.5. The summed E-state index contributed by atoms with van der Waals surface area (Å²) in [5.74, 6) is -0.551. The molecule has 1 saturated heterocycles. The number of rotatable bonds is 5. The first kappa shape index (κ1) is 15.4. The molecule has 1 fully saturated rings. The highest BCUT2D eigenvalue weighted by Crippen LogP contribution is 2.56. The van der Waals surface area contributed by atoms with Crippen LogP contribution in [0.25, 0.3) is 0 Å². The van der Waals surface area contributed by atoms with Gasteiger partial charge in [0.2, 0.25) is 5.79 Å². The Bertz CT molecular complexity index is 381. The topological polar surface area (TPSA) is 25.0 Å². The van der Waals surface area contributed by atoms with Crippen molar-refractivity contribution in [2.45, 2.75) is 25.2 Å². The maximum absolute atomic E-state index is 5.99. The Hall–Kier alpha value is -0.610. The summed E-state index contributed by atoms with van der Waals surface area (Å²) < 4.78 is 11.8. The summed E-state index contributed by atoms with van der Waals surface area (Å²) in [6.45, 7) is 5.70. The molecule has 3 nitrogen and oxygen atoms in total. The zero-order valence-electron chi connectivity index (χ0n) is 11.5. The van der Waals surface area contributed by atoms with Gasteiger partial charge < -0.3 is 14.4 Å². The van der Waals surface area contributed by atoms with Gasteiger partial charge in [0.05, 0.1) is 6.61 Å². The number of benzene rings is 1. The normalized spacial score (nSPS) is 24.7. The Kier molecular flexibility index (Phi) is 4.78. The molecule has 1 heterocycles. The quantitative estimate of drug-likeness (QED) is 0.770. The third-order valence-electron chi connectivity index (χ3n) is 3.15. The molecule has 1 aromatic carbocycles. The minimum atomic E-state index is -0.551. The van der Waals surface area contributed by atoms with E-state index < -0.39 is 5.79 Å². The number of hydrogen-bond donors (Lipinski definition) is 0. The van der Waals surface area contributed by atoms with E-state index in [1.807, 2.05) is 32.3 Å². The Morgan fingerprint density at radius 2 is 1.72 bits per heavy atom. The van der Waals surface area contributed by atoms with Crippen LogP contribution in [0.5, 0.6) is 0 Å². The molecule has 0 saturated carbocycles. The third kappa shape index (κ3) is 2.86. The van der Waals surface area contributed by atoms with Gasteiger partial charge in [0.25, 0.3) is 0 Å². The molecule has 1 aromatic rings. The van der Waals surface area contributed by atoms with Crippen LogP contribution in [-0.2, 0) is 15.3 Å². The average molecular weight is 272 g/mol. The molecule has 18 heavy (non-hydrogen) atoms. The van der Waals surface area contributed by atoms with Crippen LogP contribution in [-0.4, -0.2) is 37.7 Å². The second kappa shape index (κ2) is 5.57. The van der Waals surface area contributed by atoms with E-state index in [0.29, 0.717) is 6.61 Å². The summed E-state index contributed by atoms with van der Waals surface area (Å²) in [4.78, 5) is 2.11. The molecular weight excluding hydrogens is 250 g/mol. The summed E-state index contributed by atoms with van der Waals surface area (Å²) >= 11 is 0. The lowest BCUT2D eigenvalue weighted by molar-refractivity contribution is -0.0531. The summed E-state index contributed by atoms with van der Waals surface area (Å²) in [6, 6.07) is 10.2. The first-order valence-electron chi connectivity index (χ1n) is 6.02. The molecule has 0 aromatic heterocycles. The highest BCUT2D eigenvalue weighted by atomic mass is 35.5. The number of hydrogen-bond acceptors (Lipinski definition) is 3. The lowest BCUT2D eigenvalue weighted by Gasteiger charge is -2.18. The third-order valence-corrected chi connectivity index (χ3v) is 3.15. The van der Waals surface area contributed by atoms with E-state index in [0.717, 1.165) is 12.1 Å². The molecule has 0 aliphatic carbocycles. The van der Waals surface area contributed by atoms with E-state index >= 15 is 0 Å². The van der Waals surface area contributed by atoms with Gasteiger partial charge in [-0.25, -0.2) is 0 Å². The van der Waals surface area contributed by atoms with Gasteiger partial charge in [-0.3, -0.25) is 0 Å². The first-order chi connectivity index (χ1) is 7.98. The van der Waals surface area contributed by atoms with Crippen LogP contribution >= 0.6 is 12.4 Å². The van der Waals surface area contributed by atoms with Crippen LogP contribution in [0.4, 0.5) is 0 Å². The van der Waals surface area contributed by atoms with E-state index in [4.69, 9.17) is 9.47 Å². The summed E-state index contributed by atoms with van der Waals surface area (Å²) in [5.41, 5.74) is 0.865. The lowest BCUT2D eigenvalue weighted by Crippen LogP contribution is -2.27. The minimum absolute atomic E-state index is 0. The van der Waals surface area contributed by atoms with Crippen LogP contribution in [0.3, 0.4) is 0 Å². The second-order valence-corrected chi connectivity index (χ2v) is 5.25. The molecule has 1 unspecified atom stereocenters. The van der Waals surface area contributed by atoms with Crippen LogP contribution < -0.4 is 0 Å². The van der Waals surface area contributed by atoms with E-state index in [1.165, 1.54) is 0 Å². The molecule has 1 aliphatic rings. The number of halogens is 1. The van der Waals surface area contributed by atoms with E-state index in [9.17, 15) is 0 Å². The SMILES string of the molecule is CN(C)CCOC1(c2ccccc2)OC1(C)C.Cl. The Balaban J connectivity index is 0.00000162. The molecule has 0 amide bonds. The predicted octanol–water partition coefficient (Wildman–Crippen LogP) is 2.65. The molecule has 4 heteroatoms. The Labute approximate surface area is 115 Å². The maximum atomic E-state index is 5.99. The molecule has 2 rings (SSSR count). The molecule has 0 N–H and O–H groups in total. The summed E-state index contributed by atoms with van der Waals surface area (Å²) in [5, 5.41) is 0. The van der Waals surface area contributed by atoms with Crippen molar-refractivity contribution in [2.75, 3.05) is 27.2 Å². The first-order valence-corrected chi connectivity index (χ1v) is 6.02. The molecular formula is C14H22ClNO2. The Morgan fingerprint density at radius 3 is 2.17 bits per heavy atom. The van der Waals surface area contributed by atoms with Crippen LogP contribution in [0, 0.1) is 0 Å². The molecule has 1 atom stereocenters. The molecule has 0 bridgehead atoms. The molecule has 0 radical (unpaired) electrons. The van der Waals surface area contributed by atoms with Crippen LogP contribution in [0.15, 0.2) is 30.3 Å². The van der Waals surface area contributed by atoms with Crippen molar-refractivity contribution < 1.29 is 9.47 Å². The van der Waals surface area contributed by atoms with Crippen LogP contribution in [0.2, 0.25) is 0 Å². The summed E-state index contributed by atoms with van der Waals surface area (Å²) in [7, 11) is 4.08. The van der Waals surface area contributed by atoms with E-state index in [1.54, 1.807) is 0 Å². The smallest absolute Gasteiger partial charge is 0.225 e. The molecule has 102 valence electrons. The van der Waals surface area contributed by atoms with Gasteiger partial charge in [0, 0.05) is 12.1 Å². The van der Waals surface area contributed by atoms with Gasteiger partial charge >= 0.3 is 0 Å².